The highest BCUT2D eigenvalue weighted by molar-refractivity contribution is 5.83. The van der Waals surface area contributed by atoms with Crippen molar-refractivity contribution in [2.24, 2.45) is 0 Å². The average molecular weight is 389 g/mol. The number of aromatic nitrogens is 5. The Labute approximate surface area is 168 Å². The number of fused-ring (bicyclic) bond motifs is 1. The van der Waals surface area contributed by atoms with Gasteiger partial charge < -0.3 is 4.52 Å². The van der Waals surface area contributed by atoms with Crippen LogP contribution in [-0.4, -0.2) is 30.7 Å². The molecule has 0 aromatic carbocycles. The summed E-state index contributed by atoms with van der Waals surface area (Å²) in [6.45, 7) is 5.78. The fraction of sp³-hybridized carbons (Fsp3) is 0.318. The zero-order chi connectivity index (χ0) is 20.4. The molecule has 7 nitrogen and oxygen atoms in total. The molecule has 0 aliphatic heterocycles. The topological polar surface area (TPSA) is 86.7 Å². The van der Waals surface area contributed by atoms with E-state index in [1.807, 2.05) is 43.7 Å². The second kappa shape index (κ2) is 7.95. The Bertz CT molecular complexity index is 1160. The molecule has 0 fully saturated rings. The maximum absolute atomic E-state index is 12.4. The third-order valence-corrected chi connectivity index (χ3v) is 5.08. The highest BCUT2D eigenvalue weighted by atomic mass is 16.5. The molecule has 0 N–H and O–H groups in total. The molecule has 0 unspecified atom stereocenters. The highest BCUT2D eigenvalue weighted by Crippen LogP contribution is 2.19. The minimum atomic E-state index is 0.181. The molecule has 7 heteroatoms. The van der Waals surface area contributed by atoms with Gasteiger partial charge in [0.25, 0.3) is 0 Å². The van der Waals surface area contributed by atoms with Gasteiger partial charge in [0, 0.05) is 41.4 Å². The summed E-state index contributed by atoms with van der Waals surface area (Å²) in [5, 5.41) is 9.39. The summed E-state index contributed by atoms with van der Waals surface area (Å²) >= 11 is 0. The number of hydrogen-bond acceptors (Lipinski definition) is 6. The maximum atomic E-state index is 12.4. The summed E-state index contributed by atoms with van der Waals surface area (Å²) in [7, 11) is 0. The third kappa shape index (κ3) is 4.08. The van der Waals surface area contributed by atoms with E-state index in [9.17, 15) is 4.79 Å². The van der Waals surface area contributed by atoms with E-state index < -0.39 is 0 Å². The molecule has 0 radical (unpaired) electrons. The quantitative estimate of drug-likeness (QED) is 0.477. The van der Waals surface area contributed by atoms with E-state index in [0.29, 0.717) is 12.8 Å². The molecule has 0 aliphatic carbocycles. The molecule has 4 heterocycles. The SMILES string of the molecule is Cc1cc(-n2ncc3cc(CC(=O)CCCc4c(C)noc4C)ncc32)ccn1. The standard InChI is InChI=1S/C22H23N5O2/c1-14-9-19(7-8-23-14)27-22-13-24-18(10-17(22)12-25-27)11-20(28)5-4-6-21-15(2)26-29-16(21)3/h7-10,12-13H,4-6,11H2,1-3H3. The minimum Gasteiger partial charge on any atom is -0.361 e. The van der Waals surface area contributed by atoms with Gasteiger partial charge in [-0.25, -0.2) is 4.68 Å². The van der Waals surface area contributed by atoms with Crippen molar-refractivity contribution in [3.05, 3.63) is 65.2 Å². The zero-order valence-electron chi connectivity index (χ0n) is 16.8. The van der Waals surface area contributed by atoms with Crippen LogP contribution in [0.25, 0.3) is 16.6 Å². The van der Waals surface area contributed by atoms with Crippen molar-refractivity contribution in [2.75, 3.05) is 0 Å². The summed E-state index contributed by atoms with van der Waals surface area (Å²) in [6.07, 6.45) is 7.78. The van der Waals surface area contributed by atoms with Crippen LogP contribution in [0.5, 0.6) is 0 Å². The van der Waals surface area contributed by atoms with Crippen LogP contribution in [0.2, 0.25) is 0 Å². The lowest BCUT2D eigenvalue weighted by atomic mass is 10.0. The van der Waals surface area contributed by atoms with E-state index >= 15 is 0 Å². The molecule has 0 atom stereocenters. The molecule has 0 aliphatic rings. The first-order valence-corrected chi connectivity index (χ1v) is 9.70. The summed E-state index contributed by atoms with van der Waals surface area (Å²) in [5.74, 6) is 1.02. The molecule has 4 aromatic heterocycles. The Morgan fingerprint density at radius 2 is 2.00 bits per heavy atom. The van der Waals surface area contributed by atoms with Gasteiger partial charge in [0.2, 0.25) is 0 Å². The number of carbonyl (C=O) groups excluding carboxylic acids is 1. The molecular weight excluding hydrogens is 366 g/mol. The molecule has 29 heavy (non-hydrogen) atoms. The predicted molar refractivity (Wildman–Crippen MR) is 109 cm³/mol. The van der Waals surface area contributed by atoms with Crippen LogP contribution in [0.4, 0.5) is 0 Å². The first-order valence-electron chi connectivity index (χ1n) is 9.70. The Hall–Kier alpha value is -3.35. The molecular formula is C22H23N5O2. The Morgan fingerprint density at radius 3 is 2.76 bits per heavy atom. The van der Waals surface area contributed by atoms with Crippen LogP contribution in [0.3, 0.4) is 0 Å². The van der Waals surface area contributed by atoms with Crippen molar-refractivity contribution in [2.45, 2.75) is 46.5 Å². The van der Waals surface area contributed by atoms with Gasteiger partial charge >= 0.3 is 0 Å². The maximum Gasteiger partial charge on any atom is 0.138 e. The number of aryl methyl sites for hydroxylation is 3. The minimum absolute atomic E-state index is 0.181. The first-order chi connectivity index (χ1) is 14.0. The van der Waals surface area contributed by atoms with Gasteiger partial charge in [0.05, 0.1) is 29.3 Å². The predicted octanol–water partition coefficient (Wildman–Crippen LogP) is 3.86. The van der Waals surface area contributed by atoms with Crippen LogP contribution >= 0.6 is 0 Å². The van der Waals surface area contributed by atoms with E-state index in [0.717, 1.165) is 57.8 Å². The number of nitrogens with zero attached hydrogens (tertiary/aromatic N) is 5. The molecule has 0 saturated carbocycles. The third-order valence-electron chi connectivity index (χ3n) is 5.08. The van der Waals surface area contributed by atoms with Crippen LogP contribution in [-0.2, 0) is 17.6 Å². The van der Waals surface area contributed by atoms with Gasteiger partial charge in [0.15, 0.2) is 0 Å². The largest absolute Gasteiger partial charge is 0.361 e. The number of carbonyl (C=O) groups is 1. The molecule has 0 spiro atoms. The highest BCUT2D eigenvalue weighted by Gasteiger charge is 2.12. The monoisotopic (exact) mass is 389 g/mol. The van der Waals surface area contributed by atoms with Crippen LogP contribution < -0.4 is 0 Å². The first kappa shape index (κ1) is 19.0. The Morgan fingerprint density at radius 1 is 1.14 bits per heavy atom. The lowest BCUT2D eigenvalue weighted by Gasteiger charge is -2.05. The summed E-state index contributed by atoms with van der Waals surface area (Å²) in [4.78, 5) is 21.1. The fourth-order valence-electron chi connectivity index (χ4n) is 3.55. The average Bonchev–Trinajstić information content (AvgIpc) is 3.25. The molecule has 0 bridgehead atoms. The summed E-state index contributed by atoms with van der Waals surface area (Å²) in [5.41, 5.74) is 5.56. The van der Waals surface area contributed by atoms with Crippen molar-refractivity contribution in [1.29, 1.82) is 0 Å². The fourth-order valence-corrected chi connectivity index (χ4v) is 3.55. The van der Waals surface area contributed by atoms with Gasteiger partial charge in [-0.3, -0.25) is 14.8 Å². The molecule has 148 valence electrons. The Balaban J connectivity index is 1.41. The smallest absolute Gasteiger partial charge is 0.138 e. The van der Waals surface area contributed by atoms with Gasteiger partial charge in [-0.2, -0.15) is 5.10 Å². The van der Waals surface area contributed by atoms with Crippen LogP contribution in [0.15, 0.2) is 41.3 Å². The number of pyridine rings is 2. The number of Topliss-reactive ketones (excluding diaryl/α,β-unsaturated/α-hetero) is 1. The van der Waals surface area contributed by atoms with Crippen molar-refractivity contribution in [1.82, 2.24) is 24.9 Å². The second-order valence-corrected chi connectivity index (χ2v) is 7.32. The molecule has 4 aromatic rings. The lowest BCUT2D eigenvalue weighted by molar-refractivity contribution is -0.118. The number of rotatable bonds is 7. The van der Waals surface area contributed by atoms with Crippen molar-refractivity contribution < 1.29 is 9.32 Å². The van der Waals surface area contributed by atoms with Crippen molar-refractivity contribution in [3.63, 3.8) is 0 Å². The normalized spacial score (nSPS) is 11.3. The van der Waals surface area contributed by atoms with E-state index in [2.05, 4.69) is 20.2 Å². The molecule has 4 rings (SSSR count). The van der Waals surface area contributed by atoms with Gasteiger partial charge in [-0.05, 0) is 51.8 Å². The van der Waals surface area contributed by atoms with Gasteiger partial charge in [-0.15, -0.1) is 0 Å². The van der Waals surface area contributed by atoms with E-state index in [1.165, 1.54) is 0 Å². The van der Waals surface area contributed by atoms with Crippen LogP contribution in [0.1, 0.15) is 41.2 Å². The Kier molecular flexibility index (Phi) is 5.20. The van der Waals surface area contributed by atoms with Gasteiger partial charge in [0.1, 0.15) is 11.5 Å². The van der Waals surface area contributed by atoms with E-state index in [1.54, 1.807) is 18.6 Å². The lowest BCUT2D eigenvalue weighted by Crippen LogP contribution is -2.05. The number of ketones is 1. The van der Waals surface area contributed by atoms with E-state index in [-0.39, 0.29) is 5.78 Å². The molecule has 0 saturated heterocycles. The zero-order valence-corrected chi connectivity index (χ0v) is 16.8. The summed E-state index contributed by atoms with van der Waals surface area (Å²) < 4.78 is 7.01. The van der Waals surface area contributed by atoms with E-state index in [4.69, 9.17) is 4.52 Å². The summed E-state index contributed by atoms with van der Waals surface area (Å²) in [6, 6.07) is 5.83. The molecule has 0 amide bonds. The van der Waals surface area contributed by atoms with Crippen LogP contribution in [0, 0.1) is 20.8 Å². The van der Waals surface area contributed by atoms with Crippen molar-refractivity contribution >= 4 is 16.7 Å². The van der Waals surface area contributed by atoms with Crippen molar-refractivity contribution in [3.8, 4) is 5.69 Å². The van der Waals surface area contributed by atoms with Gasteiger partial charge in [-0.1, -0.05) is 5.16 Å². The number of hydrogen-bond donors (Lipinski definition) is 0. The second-order valence-electron chi connectivity index (χ2n) is 7.32.